The van der Waals surface area contributed by atoms with Gasteiger partial charge in [-0.05, 0) is 29.7 Å². The van der Waals surface area contributed by atoms with E-state index in [2.05, 4.69) is 4.98 Å². The van der Waals surface area contributed by atoms with Crippen LogP contribution in [0.5, 0.6) is 0 Å². The Balaban J connectivity index is 2.09. The van der Waals surface area contributed by atoms with E-state index in [1.54, 1.807) is 12.1 Å². The number of carboxylic acids is 1. The smallest absolute Gasteiger partial charge is 0.337 e. The lowest BCUT2D eigenvalue weighted by atomic mass is 10.2. The Bertz CT molecular complexity index is 724. The highest BCUT2D eigenvalue weighted by Gasteiger charge is 2.12. The van der Waals surface area contributed by atoms with Gasteiger partial charge in [0.15, 0.2) is 0 Å². The predicted molar refractivity (Wildman–Crippen MR) is 75.0 cm³/mol. The van der Waals surface area contributed by atoms with Crippen molar-refractivity contribution in [1.29, 1.82) is 0 Å². The number of aliphatic carboxylic acids is 1. The Morgan fingerprint density at radius 3 is 2.89 bits per heavy atom. The van der Waals surface area contributed by atoms with Crippen LogP contribution in [0.25, 0.3) is 17.3 Å². The Morgan fingerprint density at radius 1 is 1.32 bits per heavy atom. The Hall–Kier alpha value is -2.40. The van der Waals surface area contributed by atoms with Gasteiger partial charge in [-0.2, -0.15) is 0 Å². The van der Waals surface area contributed by atoms with Crippen LogP contribution in [0.2, 0.25) is 0 Å². The second-order valence-electron chi connectivity index (χ2n) is 3.97. The van der Waals surface area contributed by atoms with Crippen LogP contribution in [0.4, 0.5) is 0 Å². The van der Waals surface area contributed by atoms with Crippen LogP contribution in [-0.4, -0.2) is 20.5 Å². The van der Waals surface area contributed by atoms with Crippen molar-refractivity contribution < 1.29 is 9.90 Å². The summed E-state index contributed by atoms with van der Waals surface area (Å²) in [5, 5.41) is 11.1. The van der Waals surface area contributed by atoms with E-state index in [4.69, 9.17) is 0 Å². The maximum atomic E-state index is 11.3. The number of fused-ring (bicyclic) bond motifs is 1. The van der Waals surface area contributed by atoms with Crippen molar-refractivity contribution in [1.82, 2.24) is 9.38 Å². The lowest BCUT2D eigenvalue weighted by Gasteiger charge is -1.96. The van der Waals surface area contributed by atoms with Gasteiger partial charge in [0.2, 0.25) is 0 Å². The maximum absolute atomic E-state index is 11.3. The molecule has 94 valence electrons. The van der Waals surface area contributed by atoms with E-state index in [1.807, 2.05) is 46.4 Å². The second-order valence-corrected chi connectivity index (χ2v) is 4.92. The summed E-state index contributed by atoms with van der Waals surface area (Å²) < 4.78 is 1.86. The fourth-order valence-electron chi connectivity index (χ4n) is 1.84. The van der Waals surface area contributed by atoms with E-state index in [1.165, 1.54) is 11.3 Å². The van der Waals surface area contributed by atoms with Crippen molar-refractivity contribution in [3.63, 3.8) is 0 Å². The SMILES string of the molecule is O=C(O)C(=Cc1cn2ccccc2n1)c1cccs1. The molecule has 0 aliphatic heterocycles. The van der Waals surface area contributed by atoms with Gasteiger partial charge >= 0.3 is 5.97 Å². The van der Waals surface area contributed by atoms with Gasteiger partial charge in [-0.1, -0.05) is 12.1 Å². The summed E-state index contributed by atoms with van der Waals surface area (Å²) >= 11 is 1.40. The Kier molecular flexibility index (Phi) is 2.89. The fraction of sp³-hybridized carbons (Fsp3) is 0. The van der Waals surface area contributed by atoms with E-state index in [-0.39, 0.29) is 5.57 Å². The molecular formula is C14H10N2O2S. The van der Waals surface area contributed by atoms with Gasteiger partial charge in [-0.15, -0.1) is 11.3 Å². The zero-order valence-corrected chi connectivity index (χ0v) is 10.7. The minimum absolute atomic E-state index is 0.262. The number of imidazole rings is 1. The number of hydrogen-bond acceptors (Lipinski definition) is 3. The number of nitrogens with zero attached hydrogens (tertiary/aromatic N) is 2. The standard InChI is InChI=1S/C14H10N2O2S/c17-14(18)11(12-4-3-7-19-12)8-10-9-16-6-2-1-5-13(16)15-10/h1-9H,(H,17,18). The van der Waals surface area contributed by atoms with Gasteiger partial charge in [0, 0.05) is 17.3 Å². The molecule has 0 fully saturated rings. The van der Waals surface area contributed by atoms with Crippen molar-refractivity contribution in [2.45, 2.75) is 0 Å². The second kappa shape index (κ2) is 4.70. The highest BCUT2D eigenvalue weighted by molar-refractivity contribution is 7.11. The molecule has 3 heterocycles. The first-order chi connectivity index (χ1) is 9.24. The van der Waals surface area contributed by atoms with Crippen molar-refractivity contribution in [3.05, 3.63) is 58.7 Å². The van der Waals surface area contributed by atoms with Crippen LogP contribution >= 0.6 is 11.3 Å². The molecule has 0 bridgehead atoms. The van der Waals surface area contributed by atoms with E-state index in [9.17, 15) is 9.90 Å². The molecule has 0 aliphatic rings. The summed E-state index contributed by atoms with van der Waals surface area (Å²) in [4.78, 5) is 16.4. The summed E-state index contributed by atoms with van der Waals surface area (Å²) in [6.45, 7) is 0. The van der Waals surface area contributed by atoms with Crippen LogP contribution in [0.15, 0.2) is 48.1 Å². The number of hydrogen-bond donors (Lipinski definition) is 1. The zero-order chi connectivity index (χ0) is 13.2. The average molecular weight is 270 g/mol. The molecule has 4 nitrogen and oxygen atoms in total. The molecule has 0 spiro atoms. The fourth-order valence-corrected chi connectivity index (χ4v) is 2.58. The first-order valence-electron chi connectivity index (χ1n) is 5.66. The molecule has 0 saturated carbocycles. The van der Waals surface area contributed by atoms with E-state index in [0.29, 0.717) is 5.69 Å². The molecule has 0 radical (unpaired) electrons. The summed E-state index contributed by atoms with van der Waals surface area (Å²) in [6.07, 6.45) is 5.29. The van der Waals surface area contributed by atoms with Crippen molar-refractivity contribution in [3.8, 4) is 0 Å². The van der Waals surface area contributed by atoms with Crippen LogP contribution in [-0.2, 0) is 4.79 Å². The quantitative estimate of drug-likeness (QED) is 0.744. The van der Waals surface area contributed by atoms with Crippen molar-refractivity contribution in [2.24, 2.45) is 0 Å². The number of carbonyl (C=O) groups is 1. The number of carboxylic acid groups (broad SMARTS) is 1. The molecule has 0 aliphatic carbocycles. The molecule has 1 N–H and O–H groups in total. The van der Waals surface area contributed by atoms with Crippen LogP contribution < -0.4 is 0 Å². The Morgan fingerprint density at radius 2 is 2.21 bits per heavy atom. The maximum Gasteiger partial charge on any atom is 0.337 e. The molecule has 0 atom stereocenters. The van der Waals surface area contributed by atoms with Crippen molar-refractivity contribution >= 4 is 34.6 Å². The van der Waals surface area contributed by atoms with E-state index >= 15 is 0 Å². The number of thiophene rings is 1. The minimum Gasteiger partial charge on any atom is -0.478 e. The zero-order valence-electron chi connectivity index (χ0n) is 9.85. The predicted octanol–water partition coefficient (Wildman–Crippen LogP) is 3.02. The third kappa shape index (κ3) is 2.28. The van der Waals surface area contributed by atoms with Crippen LogP contribution in [0.3, 0.4) is 0 Å². The normalized spacial score (nSPS) is 11.9. The minimum atomic E-state index is -0.945. The van der Waals surface area contributed by atoms with Crippen LogP contribution in [0, 0.1) is 0 Å². The number of aromatic nitrogens is 2. The lowest BCUT2D eigenvalue weighted by Crippen LogP contribution is -1.97. The number of rotatable bonds is 3. The molecule has 0 amide bonds. The largest absolute Gasteiger partial charge is 0.478 e. The first-order valence-corrected chi connectivity index (χ1v) is 6.54. The third-order valence-electron chi connectivity index (χ3n) is 2.69. The summed E-state index contributed by atoms with van der Waals surface area (Å²) in [5.74, 6) is -0.945. The van der Waals surface area contributed by atoms with Gasteiger partial charge in [-0.3, -0.25) is 0 Å². The van der Waals surface area contributed by atoms with Gasteiger partial charge < -0.3 is 9.51 Å². The molecule has 3 aromatic heterocycles. The molecule has 5 heteroatoms. The monoisotopic (exact) mass is 270 g/mol. The van der Waals surface area contributed by atoms with Gasteiger partial charge in [0.1, 0.15) is 5.65 Å². The molecule has 0 unspecified atom stereocenters. The highest BCUT2D eigenvalue weighted by atomic mass is 32.1. The molecule has 3 rings (SSSR count). The molecule has 0 aromatic carbocycles. The lowest BCUT2D eigenvalue weighted by molar-refractivity contribution is -0.130. The highest BCUT2D eigenvalue weighted by Crippen LogP contribution is 2.23. The molecular weight excluding hydrogens is 260 g/mol. The van der Waals surface area contributed by atoms with Crippen LogP contribution in [0.1, 0.15) is 10.6 Å². The van der Waals surface area contributed by atoms with E-state index < -0.39 is 5.97 Å². The topological polar surface area (TPSA) is 54.6 Å². The summed E-state index contributed by atoms with van der Waals surface area (Å²) in [7, 11) is 0. The van der Waals surface area contributed by atoms with Crippen molar-refractivity contribution in [2.75, 3.05) is 0 Å². The average Bonchev–Trinajstić information content (AvgIpc) is 3.04. The van der Waals surface area contributed by atoms with Gasteiger partial charge in [0.05, 0.1) is 11.3 Å². The Labute approximate surface area is 113 Å². The van der Waals surface area contributed by atoms with E-state index in [0.717, 1.165) is 10.5 Å². The molecule has 0 saturated heterocycles. The first kappa shape index (κ1) is 11.7. The third-order valence-corrected chi connectivity index (χ3v) is 3.60. The summed E-state index contributed by atoms with van der Waals surface area (Å²) in [5.41, 5.74) is 1.69. The molecule has 3 aromatic rings. The van der Waals surface area contributed by atoms with Gasteiger partial charge in [-0.25, -0.2) is 9.78 Å². The number of pyridine rings is 1. The van der Waals surface area contributed by atoms with Gasteiger partial charge in [0.25, 0.3) is 0 Å². The summed E-state index contributed by atoms with van der Waals surface area (Å²) in [6, 6.07) is 9.30. The molecule has 19 heavy (non-hydrogen) atoms.